The van der Waals surface area contributed by atoms with Crippen LogP contribution in [0.25, 0.3) is 0 Å². The maximum absolute atomic E-state index is 13.1. The lowest BCUT2D eigenvalue weighted by Crippen LogP contribution is -2.31. The first-order chi connectivity index (χ1) is 10.8. The Hall–Kier alpha value is -2.03. The SMILES string of the molecule is CCn1nccc1S(=O)(=O)N1CCc2c1cccc2C(F)(F)F. The van der Waals surface area contributed by atoms with E-state index in [4.69, 9.17) is 0 Å². The van der Waals surface area contributed by atoms with Gasteiger partial charge in [-0.25, -0.2) is 0 Å². The summed E-state index contributed by atoms with van der Waals surface area (Å²) in [5, 5.41) is 3.89. The zero-order chi connectivity index (χ0) is 16.8. The maximum Gasteiger partial charge on any atom is 0.416 e. The average molecular weight is 345 g/mol. The highest BCUT2D eigenvalue weighted by Gasteiger charge is 2.40. The van der Waals surface area contributed by atoms with Crippen molar-refractivity contribution in [3.05, 3.63) is 41.6 Å². The van der Waals surface area contributed by atoms with E-state index in [1.165, 1.54) is 29.1 Å². The number of benzene rings is 1. The van der Waals surface area contributed by atoms with Crippen LogP contribution in [0.1, 0.15) is 18.1 Å². The molecule has 1 aliphatic heterocycles. The highest BCUT2D eigenvalue weighted by atomic mass is 32.2. The summed E-state index contributed by atoms with van der Waals surface area (Å²) in [7, 11) is -3.95. The molecular weight excluding hydrogens is 331 g/mol. The van der Waals surface area contributed by atoms with Crippen LogP contribution in [0, 0.1) is 0 Å². The molecule has 3 rings (SSSR count). The van der Waals surface area contributed by atoms with E-state index in [1.807, 2.05) is 0 Å². The number of anilines is 1. The largest absolute Gasteiger partial charge is 0.416 e. The Balaban J connectivity index is 2.10. The zero-order valence-corrected chi connectivity index (χ0v) is 13.0. The molecule has 1 aromatic carbocycles. The molecule has 0 saturated heterocycles. The van der Waals surface area contributed by atoms with Gasteiger partial charge in [-0.2, -0.15) is 26.7 Å². The van der Waals surface area contributed by atoms with E-state index in [2.05, 4.69) is 5.10 Å². The number of nitrogens with zero attached hydrogens (tertiary/aromatic N) is 3. The van der Waals surface area contributed by atoms with E-state index >= 15 is 0 Å². The third-order valence-corrected chi connectivity index (χ3v) is 5.66. The van der Waals surface area contributed by atoms with E-state index in [9.17, 15) is 21.6 Å². The molecule has 0 amide bonds. The van der Waals surface area contributed by atoms with Crippen molar-refractivity contribution < 1.29 is 21.6 Å². The number of sulfonamides is 1. The molecule has 0 radical (unpaired) electrons. The summed E-state index contributed by atoms with van der Waals surface area (Å²) in [6, 6.07) is 4.96. The van der Waals surface area contributed by atoms with Gasteiger partial charge in [-0.05, 0) is 37.1 Å². The summed E-state index contributed by atoms with van der Waals surface area (Å²) in [5.74, 6) is 0. The molecule has 0 fully saturated rings. The number of aryl methyl sites for hydroxylation is 1. The fraction of sp³-hybridized carbons (Fsp3) is 0.357. The molecule has 23 heavy (non-hydrogen) atoms. The molecule has 2 heterocycles. The first-order valence-corrected chi connectivity index (χ1v) is 8.44. The van der Waals surface area contributed by atoms with Crippen LogP contribution < -0.4 is 4.31 Å². The summed E-state index contributed by atoms with van der Waals surface area (Å²) < 4.78 is 67.1. The van der Waals surface area contributed by atoms with Gasteiger partial charge >= 0.3 is 6.18 Å². The minimum Gasteiger partial charge on any atom is -0.264 e. The second kappa shape index (κ2) is 5.26. The molecule has 0 saturated carbocycles. The molecule has 5 nitrogen and oxygen atoms in total. The van der Waals surface area contributed by atoms with E-state index < -0.39 is 21.8 Å². The minimum atomic E-state index is -4.50. The maximum atomic E-state index is 13.1. The molecule has 0 spiro atoms. The number of rotatable bonds is 3. The van der Waals surface area contributed by atoms with Gasteiger partial charge in [-0.3, -0.25) is 8.99 Å². The lowest BCUT2D eigenvalue weighted by molar-refractivity contribution is -0.138. The fourth-order valence-electron chi connectivity index (χ4n) is 2.81. The van der Waals surface area contributed by atoms with Gasteiger partial charge in [0.1, 0.15) is 0 Å². The van der Waals surface area contributed by atoms with Gasteiger partial charge in [-0.15, -0.1) is 0 Å². The first kappa shape index (κ1) is 15.9. The standard InChI is InChI=1S/C14H14F3N3O2S/c1-2-19-13(6-8-18-19)23(21,22)20-9-7-10-11(14(15,16)17)4-3-5-12(10)20/h3-6,8H,2,7,9H2,1H3. The first-order valence-electron chi connectivity index (χ1n) is 7.00. The Morgan fingerprint density at radius 2 is 2.00 bits per heavy atom. The molecule has 124 valence electrons. The number of hydrogen-bond donors (Lipinski definition) is 0. The topological polar surface area (TPSA) is 55.2 Å². The van der Waals surface area contributed by atoms with Gasteiger partial charge in [0.2, 0.25) is 0 Å². The molecule has 0 unspecified atom stereocenters. The lowest BCUT2D eigenvalue weighted by atomic mass is 10.0. The quantitative estimate of drug-likeness (QED) is 0.859. The van der Waals surface area contributed by atoms with Crippen molar-refractivity contribution in [2.45, 2.75) is 31.1 Å². The van der Waals surface area contributed by atoms with Crippen molar-refractivity contribution in [3.63, 3.8) is 0 Å². The van der Waals surface area contributed by atoms with Crippen LogP contribution in [0.4, 0.5) is 18.9 Å². The zero-order valence-electron chi connectivity index (χ0n) is 12.2. The number of alkyl halides is 3. The van der Waals surface area contributed by atoms with Crippen LogP contribution in [0.3, 0.4) is 0 Å². The Kier molecular flexibility index (Phi) is 3.62. The Bertz CT molecular complexity index is 843. The van der Waals surface area contributed by atoms with Crippen molar-refractivity contribution in [2.75, 3.05) is 10.8 Å². The molecule has 1 aliphatic rings. The van der Waals surface area contributed by atoms with Crippen LogP contribution in [0.15, 0.2) is 35.5 Å². The smallest absolute Gasteiger partial charge is 0.264 e. The highest BCUT2D eigenvalue weighted by Crippen LogP contribution is 2.41. The second-order valence-electron chi connectivity index (χ2n) is 5.11. The van der Waals surface area contributed by atoms with Gasteiger partial charge < -0.3 is 0 Å². The molecule has 0 bridgehead atoms. The van der Waals surface area contributed by atoms with E-state index in [1.54, 1.807) is 6.92 Å². The molecule has 0 N–H and O–H groups in total. The number of aromatic nitrogens is 2. The van der Waals surface area contributed by atoms with E-state index in [0.29, 0.717) is 6.54 Å². The number of halogens is 3. The van der Waals surface area contributed by atoms with E-state index in [-0.39, 0.29) is 29.2 Å². The van der Waals surface area contributed by atoms with Gasteiger partial charge in [-0.1, -0.05) is 6.07 Å². The van der Waals surface area contributed by atoms with E-state index in [0.717, 1.165) is 10.4 Å². The number of hydrogen-bond acceptors (Lipinski definition) is 3. The fourth-order valence-corrected chi connectivity index (χ4v) is 4.47. The number of fused-ring (bicyclic) bond motifs is 1. The normalized spacial score (nSPS) is 15.0. The molecule has 1 aromatic heterocycles. The average Bonchev–Trinajstić information content (AvgIpc) is 3.12. The van der Waals surface area contributed by atoms with Crippen LogP contribution in [0.5, 0.6) is 0 Å². The summed E-state index contributed by atoms with van der Waals surface area (Å²) >= 11 is 0. The summed E-state index contributed by atoms with van der Waals surface area (Å²) in [4.78, 5) is 0. The van der Waals surface area contributed by atoms with Gasteiger partial charge in [0.15, 0.2) is 5.03 Å². The Morgan fingerprint density at radius 3 is 2.65 bits per heavy atom. The molecule has 2 aromatic rings. The van der Waals surface area contributed by atoms with Crippen LogP contribution in [0.2, 0.25) is 0 Å². The predicted molar refractivity (Wildman–Crippen MR) is 77.6 cm³/mol. The summed E-state index contributed by atoms with van der Waals surface area (Å²) in [6.07, 6.45) is -3.11. The molecule has 0 aliphatic carbocycles. The molecule has 0 atom stereocenters. The monoisotopic (exact) mass is 345 g/mol. The predicted octanol–water partition coefficient (Wildman–Crippen LogP) is 2.67. The van der Waals surface area contributed by atoms with Gasteiger partial charge in [0.25, 0.3) is 10.0 Å². The highest BCUT2D eigenvalue weighted by molar-refractivity contribution is 7.92. The van der Waals surface area contributed by atoms with Crippen LogP contribution in [-0.4, -0.2) is 24.7 Å². The van der Waals surface area contributed by atoms with Gasteiger partial charge in [0.05, 0.1) is 17.4 Å². The van der Waals surface area contributed by atoms with Crippen molar-refractivity contribution in [3.8, 4) is 0 Å². The van der Waals surface area contributed by atoms with Gasteiger partial charge in [0, 0.05) is 13.1 Å². The minimum absolute atomic E-state index is 0.0142. The Morgan fingerprint density at radius 1 is 1.26 bits per heavy atom. The lowest BCUT2D eigenvalue weighted by Gasteiger charge is -2.20. The van der Waals surface area contributed by atoms with Crippen molar-refractivity contribution >= 4 is 15.7 Å². The molecular formula is C14H14F3N3O2S. The molecule has 9 heteroatoms. The third-order valence-electron chi connectivity index (χ3n) is 3.82. The summed E-state index contributed by atoms with van der Waals surface area (Å²) in [5.41, 5.74) is -0.675. The summed E-state index contributed by atoms with van der Waals surface area (Å²) in [6.45, 7) is 2.08. The Labute approximate surface area is 131 Å². The van der Waals surface area contributed by atoms with Crippen molar-refractivity contribution in [1.82, 2.24) is 9.78 Å². The van der Waals surface area contributed by atoms with Crippen LogP contribution >= 0.6 is 0 Å². The van der Waals surface area contributed by atoms with Crippen molar-refractivity contribution in [2.24, 2.45) is 0 Å². The third kappa shape index (κ3) is 2.48. The van der Waals surface area contributed by atoms with Crippen LogP contribution in [-0.2, 0) is 29.2 Å². The second-order valence-corrected chi connectivity index (χ2v) is 6.92. The van der Waals surface area contributed by atoms with Crippen molar-refractivity contribution in [1.29, 1.82) is 0 Å².